The van der Waals surface area contributed by atoms with Gasteiger partial charge in [0.2, 0.25) is 0 Å². The number of likely N-dealkylation sites (tertiary alicyclic amines) is 1. The molecular weight excluding hydrogens is 292 g/mol. The second-order valence-corrected chi connectivity index (χ2v) is 4.61. The van der Waals surface area contributed by atoms with E-state index in [0.29, 0.717) is 0 Å². The molecule has 1 saturated heterocycles. The Labute approximate surface area is 153 Å². The summed E-state index contributed by atoms with van der Waals surface area (Å²) >= 11 is 0. The molecular formula is C16H20N6O. The monoisotopic (exact) mass is 325 g/mol. The van der Waals surface area contributed by atoms with E-state index in [1.54, 1.807) is 0 Å². The zero-order chi connectivity index (χ0) is 27.6. The van der Waals surface area contributed by atoms with E-state index in [0.717, 1.165) is 0 Å². The minimum Gasteiger partial charge on any atom is -0.354 e. The van der Waals surface area contributed by atoms with Crippen LogP contribution in [0.4, 0.5) is 5.82 Å². The summed E-state index contributed by atoms with van der Waals surface area (Å²) < 4.78 is 107. The van der Waals surface area contributed by atoms with Gasteiger partial charge in [-0.25, -0.2) is 16.5 Å². The summed E-state index contributed by atoms with van der Waals surface area (Å²) in [6.07, 6.45) is -2.97. The summed E-state index contributed by atoms with van der Waals surface area (Å²) in [7, 11) is 0. The summed E-state index contributed by atoms with van der Waals surface area (Å²) in [5.41, 5.74) is -0.0552. The molecule has 3 rings (SSSR count). The Balaban J connectivity index is 2.47. The molecule has 2 atom stereocenters. The van der Waals surface area contributed by atoms with Gasteiger partial charge in [-0.1, -0.05) is 6.85 Å². The third-order valence-corrected chi connectivity index (χ3v) is 3.16. The van der Waals surface area contributed by atoms with Crippen LogP contribution in [0.5, 0.6) is 0 Å². The molecule has 0 aliphatic carbocycles. The maximum absolute atomic E-state index is 12.8. The number of hydrogen-bond donors (Lipinski definition) is 1. The fraction of sp³-hybridized carbons (Fsp3) is 0.500. The number of carbonyl (C=O) groups excluding carboxylic acids is 1. The molecule has 0 aromatic carbocycles. The maximum atomic E-state index is 12.8. The van der Waals surface area contributed by atoms with Gasteiger partial charge in [0.15, 0.2) is 0 Å². The predicted octanol–water partition coefficient (Wildman–Crippen LogP) is 1.55. The Morgan fingerprint density at radius 1 is 1.74 bits per heavy atom. The molecule has 0 saturated carbocycles. The van der Waals surface area contributed by atoms with Gasteiger partial charge in [0.1, 0.15) is 19.1 Å². The number of anilines is 1. The van der Waals surface area contributed by atoms with Crippen molar-refractivity contribution < 1.29 is 22.6 Å². The average Bonchev–Trinajstić information content (AvgIpc) is 3.12. The first-order valence-corrected chi connectivity index (χ1v) is 6.48. The van der Waals surface area contributed by atoms with Gasteiger partial charge in [-0.15, -0.1) is 0 Å². The zero-order valence-corrected chi connectivity index (χ0v) is 11.7. The number of piperidine rings is 1. The number of H-pyrrole nitrogens is 1. The summed E-state index contributed by atoms with van der Waals surface area (Å²) in [6, 6.07) is -1.31. The van der Waals surface area contributed by atoms with Crippen LogP contribution < -0.4 is 4.90 Å². The van der Waals surface area contributed by atoms with E-state index in [-0.39, 0.29) is 20.8 Å². The molecule has 7 nitrogen and oxygen atoms in total. The molecule has 120 valence electrons. The fourth-order valence-electron chi connectivity index (χ4n) is 2.06. The molecule has 3 heterocycles. The van der Waals surface area contributed by atoms with Crippen molar-refractivity contribution >= 4 is 22.8 Å². The van der Waals surface area contributed by atoms with Crippen molar-refractivity contribution in [3.63, 3.8) is 0 Å². The molecule has 0 bridgehead atoms. The van der Waals surface area contributed by atoms with Gasteiger partial charge in [0.25, 0.3) is 6.54 Å². The number of aromatic nitrogens is 3. The molecule has 1 N–H and O–H groups in total. The van der Waals surface area contributed by atoms with Gasteiger partial charge in [0, 0.05) is 39.9 Å². The molecule has 0 spiro atoms. The van der Waals surface area contributed by atoms with Crippen LogP contribution in [-0.2, 0) is 4.79 Å². The zero-order valence-electron chi connectivity index (χ0n) is 24.7. The highest BCUT2D eigenvalue weighted by Gasteiger charge is 2.33. The van der Waals surface area contributed by atoms with Crippen LogP contribution in [0.15, 0.2) is 18.6 Å². The number of nitrogens with zero attached hydrogens (tertiary/aromatic N) is 5. The second kappa shape index (κ2) is 6.24. The highest BCUT2D eigenvalue weighted by molar-refractivity contribution is 5.87. The topological polar surface area (TPSA) is 69.5 Å². The lowest BCUT2D eigenvalue weighted by Gasteiger charge is -2.41. The summed E-state index contributed by atoms with van der Waals surface area (Å²) in [4.78, 5) is 25.7. The normalized spacial score (nSPS) is 37.2. The molecule has 1 aliphatic rings. The Bertz CT molecular complexity index is 1210. The SMILES string of the molecule is [2H]c1nc(N([C@@H]2[C@H](C([2H])([2H])[2H])C([2H])([2H])C([2H])([2H])N(C(=O)C[N+]#[C-])C2([2H])[2H])C([2H])([2H])[2H])c2cc[nH]c2n1. The standard InChI is InChI=1S/C16H20N6O/c1-11-5-7-22(14(23)8-17-2)9-13(11)21(3)16-12-4-6-18-15(12)19-10-20-16/h4,6,10-11,13H,5,7-9H2,1,3H3,(H,18,19,20)/t11-,13+/m1/s1/i1D3,3D3,5D2,7D2,9D2,10D. The van der Waals surface area contributed by atoms with E-state index in [1.165, 1.54) is 12.3 Å². The van der Waals surface area contributed by atoms with Gasteiger partial charge >= 0.3 is 5.91 Å². The van der Waals surface area contributed by atoms with Crippen molar-refractivity contribution in [2.75, 3.05) is 31.4 Å². The molecule has 2 aromatic heterocycles. The summed E-state index contributed by atoms with van der Waals surface area (Å²) in [6.45, 7) is -8.21. The van der Waals surface area contributed by atoms with E-state index >= 15 is 0 Å². The Kier molecular flexibility index (Phi) is 1.66. The van der Waals surface area contributed by atoms with E-state index in [4.69, 9.17) is 24.4 Å². The average molecular weight is 325 g/mol. The Morgan fingerprint density at radius 2 is 2.65 bits per heavy atom. The van der Waals surface area contributed by atoms with Crippen molar-refractivity contribution in [2.45, 2.75) is 19.3 Å². The van der Waals surface area contributed by atoms with Crippen molar-refractivity contribution in [1.82, 2.24) is 19.9 Å². The van der Waals surface area contributed by atoms with Gasteiger partial charge in [0.05, 0.1) is 14.2 Å². The third-order valence-electron chi connectivity index (χ3n) is 3.16. The number of rotatable bonds is 3. The lowest BCUT2D eigenvalue weighted by Crippen LogP contribution is -2.53. The second-order valence-electron chi connectivity index (χ2n) is 4.61. The summed E-state index contributed by atoms with van der Waals surface area (Å²) in [5, 5.41) is -0.0737. The molecule has 1 fully saturated rings. The number of likely N-dealkylation sites (N-methyl/N-ethyl adjacent to an activating group) is 1. The van der Waals surface area contributed by atoms with E-state index in [9.17, 15) is 4.79 Å². The molecule has 7 heteroatoms. The number of carbonyl (C=O) groups is 1. The van der Waals surface area contributed by atoms with Crippen LogP contribution in [0.25, 0.3) is 15.9 Å². The minimum absolute atomic E-state index is 0.0552. The number of aromatic amines is 1. The predicted molar refractivity (Wildman–Crippen MR) is 87.9 cm³/mol. The molecule has 0 radical (unpaired) electrons. The largest absolute Gasteiger partial charge is 0.354 e. The smallest absolute Gasteiger partial charge is 0.302 e. The number of fused-ring (bicyclic) bond motifs is 1. The highest BCUT2D eigenvalue weighted by Crippen LogP contribution is 2.28. The van der Waals surface area contributed by atoms with E-state index in [2.05, 4.69) is 19.8 Å². The summed E-state index contributed by atoms with van der Waals surface area (Å²) in [5.74, 6) is -4.82. The first-order chi connectivity index (χ1) is 16.2. The number of nitrogens with one attached hydrogen (secondary N) is 1. The van der Waals surface area contributed by atoms with Gasteiger partial charge in [-0.2, -0.15) is 0 Å². The molecule has 2 aromatic rings. The molecule has 23 heavy (non-hydrogen) atoms. The number of hydrogen-bond acceptors (Lipinski definition) is 4. The maximum Gasteiger partial charge on any atom is 0.302 e. The molecule has 1 aliphatic heterocycles. The van der Waals surface area contributed by atoms with Crippen LogP contribution >= 0.6 is 0 Å². The van der Waals surface area contributed by atoms with Crippen molar-refractivity contribution in [3.05, 3.63) is 30.0 Å². The van der Waals surface area contributed by atoms with Gasteiger partial charge < -0.3 is 19.6 Å². The van der Waals surface area contributed by atoms with Crippen LogP contribution in [0, 0.1) is 12.5 Å². The third kappa shape index (κ3) is 2.84. The lowest BCUT2D eigenvalue weighted by molar-refractivity contribution is -0.130. The van der Waals surface area contributed by atoms with Gasteiger partial charge in [-0.05, 0) is 18.4 Å². The van der Waals surface area contributed by atoms with Crippen LogP contribution in [0.2, 0.25) is 0 Å². The lowest BCUT2D eigenvalue weighted by atomic mass is 9.92. The Hall–Kier alpha value is -2.62. The van der Waals surface area contributed by atoms with E-state index < -0.39 is 69.7 Å². The van der Waals surface area contributed by atoms with Crippen LogP contribution in [0.1, 0.15) is 31.0 Å². The van der Waals surface area contributed by atoms with Gasteiger partial charge in [-0.3, -0.25) is 4.79 Å². The molecule has 1 amide bonds. The quantitative estimate of drug-likeness (QED) is 0.869. The number of amides is 1. The van der Waals surface area contributed by atoms with Crippen LogP contribution in [-0.4, -0.2) is 58.3 Å². The van der Waals surface area contributed by atoms with Crippen molar-refractivity contribution in [1.29, 1.82) is 0 Å². The van der Waals surface area contributed by atoms with E-state index in [1.807, 2.05) is 0 Å². The van der Waals surface area contributed by atoms with Crippen LogP contribution in [0.3, 0.4) is 0 Å². The molecule has 0 unspecified atom stereocenters. The highest BCUT2D eigenvalue weighted by atomic mass is 16.2. The fourth-order valence-corrected chi connectivity index (χ4v) is 2.06. The van der Waals surface area contributed by atoms with Crippen molar-refractivity contribution in [2.24, 2.45) is 5.92 Å². The first-order valence-electron chi connectivity index (χ1n) is 13.0. The minimum atomic E-state index is -3.61. The van der Waals surface area contributed by atoms with Crippen molar-refractivity contribution in [3.8, 4) is 0 Å². The first kappa shape index (κ1) is 6.11. The Morgan fingerprint density at radius 3 is 3.43 bits per heavy atom.